The number of rotatable bonds is 5. The van der Waals surface area contributed by atoms with Crippen LogP contribution in [0.3, 0.4) is 0 Å². The molecule has 7 heteroatoms. The first-order valence-corrected chi connectivity index (χ1v) is 7.71. The molecule has 94 valence electrons. The van der Waals surface area contributed by atoms with E-state index in [9.17, 15) is 8.42 Å². The number of hydrogen-bond donors (Lipinski definition) is 2. The Morgan fingerprint density at radius 3 is 2.59 bits per heavy atom. The predicted octanol–water partition coefficient (Wildman–Crippen LogP) is 1.47. The van der Waals surface area contributed by atoms with Gasteiger partial charge in [-0.05, 0) is 12.5 Å². The summed E-state index contributed by atoms with van der Waals surface area (Å²) in [7, 11) is -3.72. The molecule has 1 rings (SSSR count). The van der Waals surface area contributed by atoms with Crippen molar-refractivity contribution in [3.63, 3.8) is 0 Å². The number of hydrogen-bond acceptors (Lipinski definition) is 4. The molecule has 0 radical (unpaired) electrons. The van der Waals surface area contributed by atoms with E-state index in [1.54, 1.807) is 6.92 Å². The van der Waals surface area contributed by atoms with Crippen molar-refractivity contribution in [1.82, 2.24) is 0 Å². The fourth-order valence-electron chi connectivity index (χ4n) is 1.13. The minimum absolute atomic E-state index is 0.191. The van der Waals surface area contributed by atoms with Crippen molar-refractivity contribution >= 4 is 25.8 Å². The summed E-state index contributed by atoms with van der Waals surface area (Å²) in [6, 6.07) is 9.47. The summed E-state index contributed by atoms with van der Waals surface area (Å²) in [6.45, 7) is 1.96. The van der Waals surface area contributed by atoms with Crippen molar-refractivity contribution in [2.75, 3.05) is 0 Å². The molecule has 1 aromatic carbocycles. The first-order valence-electron chi connectivity index (χ1n) is 4.88. The van der Waals surface area contributed by atoms with E-state index in [-0.39, 0.29) is 5.84 Å². The molecule has 0 aromatic heterocycles. The lowest BCUT2D eigenvalue weighted by atomic mass is 10.2. The van der Waals surface area contributed by atoms with Crippen LogP contribution in [0.15, 0.2) is 35.3 Å². The van der Waals surface area contributed by atoms with Crippen molar-refractivity contribution < 1.29 is 13.0 Å². The third-order valence-corrected chi connectivity index (χ3v) is 4.34. The van der Waals surface area contributed by atoms with Crippen LogP contribution in [0.25, 0.3) is 0 Å². The van der Waals surface area contributed by atoms with Gasteiger partial charge in [0.15, 0.2) is 0 Å². The van der Waals surface area contributed by atoms with Crippen LogP contribution in [-0.4, -0.2) is 24.1 Å². The zero-order chi connectivity index (χ0) is 12.9. The van der Waals surface area contributed by atoms with Crippen LogP contribution in [0.1, 0.15) is 12.5 Å². The summed E-state index contributed by atoms with van der Waals surface area (Å²) in [4.78, 5) is 4.08. The van der Waals surface area contributed by atoms with Crippen molar-refractivity contribution in [2.45, 2.75) is 18.7 Å². The van der Waals surface area contributed by atoms with E-state index in [1.165, 1.54) is 0 Å². The second-order valence-corrected chi connectivity index (χ2v) is 6.99. The zero-order valence-corrected chi connectivity index (χ0v) is 10.9. The lowest BCUT2D eigenvalue weighted by molar-refractivity contribution is 0.503. The van der Waals surface area contributed by atoms with Gasteiger partial charge in [0.1, 0.15) is 5.84 Å². The number of benzene rings is 1. The van der Waals surface area contributed by atoms with Crippen LogP contribution >= 0.6 is 10.8 Å². The third-order valence-electron chi connectivity index (χ3n) is 1.97. The van der Waals surface area contributed by atoms with Crippen LogP contribution in [0.4, 0.5) is 0 Å². The average Bonchev–Trinajstić information content (AvgIpc) is 2.25. The van der Waals surface area contributed by atoms with Gasteiger partial charge >= 0.3 is 9.15 Å². The van der Waals surface area contributed by atoms with Crippen molar-refractivity contribution in [3.05, 3.63) is 35.9 Å². The first kappa shape index (κ1) is 14.0. The van der Waals surface area contributed by atoms with E-state index >= 15 is 0 Å². The van der Waals surface area contributed by atoms with Gasteiger partial charge in [-0.3, -0.25) is 9.55 Å². The molecule has 0 spiro atoms. The van der Waals surface area contributed by atoms with Gasteiger partial charge in [-0.15, -0.1) is 0 Å². The highest BCUT2D eigenvalue weighted by molar-refractivity contribution is 8.70. The molecule has 0 saturated heterocycles. The van der Waals surface area contributed by atoms with E-state index in [4.69, 9.17) is 10.3 Å². The highest BCUT2D eigenvalue weighted by Gasteiger charge is 2.16. The molecule has 0 aliphatic heterocycles. The molecule has 3 N–H and O–H groups in total. The minimum atomic E-state index is -4.10. The Hall–Kier alpha value is -1.05. The largest absolute Gasteiger partial charge is 0.387 e. The fraction of sp³-hybridized carbons (Fsp3) is 0.300. The fourth-order valence-corrected chi connectivity index (χ4v) is 3.05. The van der Waals surface area contributed by atoms with E-state index < -0.39 is 14.4 Å². The quantitative estimate of drug-likeness (QED) is 0.367. The summed E-state index contributed by atoms with van der Waals surface area (Å²) < 4.78 is 29.9. The molecule has 17 heavy (non-hydrogen) atoms. The van der Waals surface area contributed by atoms with Crippen LogP contribution in [-0.2, 0) is 15.7 Å². The van der Waals surface area contributed by atoms with Gasteiger partial charge in [0.25, 0.3) is 0 Å². The van der Waals surface area contributed by atoms with Gasteiger partial charge in [-0.2, -0.15) is 8.42 Å². The van der Waals surface area contributed by atoms with Gasteiger partial charge in [-0.1, -0.05) is 30.3 Å². The normalized spacial score (nSPS) is 14.6. The van der Waals surface area contributed by atoms with Crippen LogP contribution in [0.5, 0.6) is 0 Å². The summed E-state index contributed by atoms with van der Waals surface area (Å²) in [5.74, 6) is 0.191. The predicted molar refractivity (Wildman–Crippen MR) is 70.4 cm³/mol. The number of nitrogens with two attached hydrogens (primary N) is 1. The summed E-state index contributed by atoms with van der Waals surface area (Å²) in [5.41, 5.74) is 6.61. The standard InChI is InChI=1S/C10H14N2O3S2/c1-8(16-17(13,14)15)10(11)12-7-9-5-3-2-4-6-9/h2-6,8H,7H2,1H3,(H2,11,12)(H,13,14,15)/t8-/m1/s1. The molecule has 0 aliphatic carbocycles. The van der Waals surface area contributed by atoms with E-state index in [1.807, 2.05) is 30.3 Å². The highest BCUT2D eigenvalue weighted by atomic mass is 33.1. The number of nitrogens with zero attached hydrogens (tertiary/aromatic N) is 1. The zero-order valence-electron chi connectivity index (χ0n) is 9.28. The van der Waals surface area contributed by atoms with Crippen LogP contribution in [0, 0.1) is 0 Å². The average molecular weight is 274 g/mol. The van der Waals surface area contributed by atoms with Gasteiger partial charge in [0, 0.05) is 10.8 Å². The smallest absolute Gasteiger partial charge is 0.320 e. The SMILES string of the molecule is C[C@@H](SS(=O)(=O)O)C(N)=NCc1ccccc1. The maximum Gasteiger partial charge on any atom is 0.320 e. The monoisotopic (exact) mass is 274 g/mol. The number of aliphatic imine (C=N–C) groups is 1. The van der Waals surface area contributed by atoms with Crippen LogP contribution < -0.4 is 5.73 Å². The van der Waals surface area contributed by atoms with Gasteiger partial charge in [-0.25, -0.2) is 0 Å². The Kier molecular flexibility index (Phi) is 4.98. The van der Waals surface area contributed by atoms with E-state index in [0.717, 1.165) is 5.56 Å². The number of amidine groups is 1. The highest BCUT2D eigenvalue weighted by Crippen LogP contribution is 2.17. The topological polar surface area (TPSA) is 92.8 Å². The molecule has 1 aromatic rings. The van der Waals surface area contributed by atoms with Crippen LogP contribution in [0.2, 0.25) is 0 Å². The molecule has 0 bridgehead atoms. The van der Waals surface area contributed by atoms with E-state index in [2.05, 4.69) is 4.99 Å². The molecule has 0 saturated carbocycles. The van der Waals surface area contributed by atoms with Gasteiger partial charge in [0.05, 0.1) is 11.8 Å². The Balaban J connectivity index is 2.61. The summed E-state index contributed by atoms with van der Waals surface area (Å²) >= 11 is 0. The molecule has 5 nitrogen and oxygen atoms in total. The van der Waals surface area contributed by atoms with E-state index in [0.29, 0.717) is 17.3 Å². The molecule has 0 heterocycles. The lowest BCUT2D eigenvalue weighted by Gasteiger charge is -2.07. The van der Waals surface area contributed by atoms with Crippen molar-refractivity contribution in [2.24, 2.45) is 10.7 Å². The maximum absolute atomic E-state index is 10.6. The third kappa shape index (κ3) is 5.71. The van der Waals surface area contributed by atoms with Gasteiger partial charge in [0.2, 0.25) is 0 Å². The molecular weight excluding hydrogens is 260 g/mol. The second-order valence-electron chi connectivity index (χ2n) is 3.39. The molecule has 0 unspecified atom stereocenters. The maximum atomic E-state index is 10.6. The molecular formula is C10H14N2O3S2. The van der Waals surface area contributed by atoms with Crippen molar-refractivity contribution in [3.8, 4) is 0 Å². The molecule has 1 atom stereocenters. The Labute approximate surface area is 104 Å². The lowest BCUT2D eigenvalue weighted by Crippen LogP contribution is -2.25. The first-order chi connectivity index (χ1) is 7.88. The molecule has 0 amide bonds. The van der Waals surface area contributed by atoms with Gasteiger partial charge < -0.3 is 5.73 Å². The Morgan fingerprint density at radius 1 is 1.47 bits per heavy atom. The Morgan fingerprint density at radius 2 is 2.06 bits per heavy atom. The second kappa shape index (κ2) is 6.04. The summed E-state index contributed by atoms with van der Waals surface area (Å²) in [5, 5.41) is -0.575. The summed E-state index contributed by atoms with van der Waals surface area (Å²) in [6.07, 6.45) is 0. The van der Waals surface area contributed by atoms with Crippen molar-refractivity contribution in [1.29, 1.82) is 0 Å². The molecule has 0 aliphatic rings. The Bertz CT molecular complexity index is 486. The minimum Gasteiger partial charge on any atom is -0.387 e. The molecule has 0 fully saturated rings.